The molecule has 0 amide bonds. The Bertz CT molecular complexity index is 299. The highest BCUT2D eigenvalue weighted by Crippen LogP contribution is 2.46. The number of aliphatic hydroxyl groups excluding tert-OH is 1. The van der Waals surface area contributed by atoms with E-state index in [1.807, 2.05) is 11.8 Å². The first-order valence-electron chi connectivity index (χ1n) is 7.65. The molecule has 0 aromatic heterocycles. The van der Waals surface area contributed by atoms with Gasteiger partial charge in [-0.1, -0.05) is 0 Å². The van der Waals surface area contributed by atoms with E-state index in [1.54, 1.807) is 7.11 Å². The third kappa shape index (κ3) is 2.57. The summed E-state index contributed by atoms with van der Waals surface area (Å²) in [4.78, 5) is 0. The smallest absolute Gasteiger partial charge is 0.0939 e. The molecule has 0 radical (unpaired) electrons. The van der Waals surface area contributed by atoms with E-state index in [4.69, 9.17) is 9.47 Å². The van der Waals surface area contributed by atoms with Crippen LogP contribution in [0.15, 0.2) is 0 Å². The van der Waals surface area contributed by atoms with E-state index in [0.717, 1.165) is 45.1 Å². The maximum Gasteiger partial charge on any atom is 0.0939 e. The van der Waals surface area contributed by atoms with Gasteiger partial charge in [0.2, 0.25) is 0 Å². The van der Waals surface area contributed by atoms with Crippen molar-refractivity contribution in [3.8, 4) is 0 Å². The highest BCUT2D eigenvalue weighted by Gasteiger charge is 2.50. The molecule has 2 unspecified atom stereocenters. The van der Waals surface area contributed by atoms with Gasteiger partial charge >= 0.3 is 0 Å². The molecule has 1 aliphatic carbocycles. The van der Waals surface area contributed by atoms with Gasteiger partial charge < -0.3 is 14.6 Å². The fourth-order valence-electron chi connectivity index (χ4n) is 4.00. The lowest BCUT2D eigenvalue weighted by molar-refractivity contribution is -0.194. The largest absolute Gasteiger partial charge is 0.390 e. The summed E-state index contributed by atoms with van der Waals surface area (Å²) in [5.41, 5.74) is -0.180. The van der Waals surface area contributed by atoms with Gasteiger partial charge in [-0.3, -0.25) is 0 Å². The Morgan fingerprint density at radius 2 is 2.00 bits per heavy atom. The quantitative estimate of drug-likeness (QED) is 0.865. The average Bonchev–Trinajstić information content (AvgIpc) is 2.39. The van der Waals surface area contributed by atoms with Crippen molar-refractivity contribution in [2.24, 2.45) is 5.92 Å². The Morgan fingerprint density at radius 3 is 2.58 bits per heavy atom. The highest BCUT2D eigenvalue weighted by atomic mass is 32.2. The van der Waals surface area contributed by atoms with Crippen molar-refractivity contribution in [3.63, 3.8) is 0 Å². The summed E-state index contributed by atoms with van der Waals surface area (Å²) in [5, 5.41) is 10.8. The molecule has 0 aromatic rings. The zero-order valence-electron chi connectivity index (χ0n) is 11.9. The van der Waals surface area contributed by atoms with Crippen LogP contribution in [0.5, 0.6) is 0 Å². The maximum atomic E-state index is 10.8. The number of rotatable bonds is 3. The van der Waals surface area contributed by atoms with Crippen molar-refractivity contribution in [1.29, 1.82) is 0 Å². The second-order valence-electron chi connectivity index (χ2n) is 6.46. The van der Waals surface area contributed by atoms with Gasteiger partial charge in [0, 0.05) is 13.7 Å². The summed E-state index contributed by atoms with van der Waals surface area (Å²) in [6, 6.07) is 0. The predicted octanol–water partition coefficient (Wildman–Crippen LogP) is 2.61. The molecule has 19 heavy (non-hydrogen) atoms. The molecule has 1 saturated carbocycles. The molecule has 1 spiro atoms. The van der Waals surface area contributed by atoms with Crippen molar-refractivity contribution in [2.75, 3.05) is 25.2 Å². The van der Waals surface area contributed by atoms with Crippen LogP contribution in [0.2, 0.25) is 0 Å². The van der Waals surface area contributed by atoms with E-state index in [0.29, 0.717) is 5.92 Å². The molecule has 1 N–H and O–H groups in total. The number of ether oxygens (including phenoxy) is 2. The van der Waals surface area contributed by atoms with Gasteiger partial charge in [0.15, 0.2) is 0 Å². The predicted molar refractivity (Wildman–Crippen MR) is 77.6 cm³/mol. The van der Waals surface area contributed by atoms with Crippen molar-refractivity contribution >= 4 is 11.8 Å². The second kappa shape index (κ2) is 5.55. The van der Waals surface area contributed by atoms with Gasteiger partial charge in [0.05, 0.1) is 17.3 Å². The van der Waals surface area contributed by atoms with E-state index in [9.17, 15) is 5.11 Å². The van der Waals surface area contributed by atoms with Crippen LogP contribution < -0.4 is 0 Å². The van der Waals surface area contributed by atoms with E-state index in [-0.39, 0.29) is 17.3 Å². The zero-order chi connectivity index (χ0) is 13.3. The van der Waals surface area contributed by atoms with Crippen LogP contribution in [0, 0.1) is 5.92 Å². The van der Waals surface area contributed by atoms with E-state index in [1.165, 1.54) is 17.9 Å². The number of methoxy groups -OCH3 is 1. The van der Waals surface area contributed by atoms with Crippen LogP contribution in [0.3, 0.4) is 0 Å². The number of hydrogen-bond acceptors (Lipinski definition) is 4. The van der Waals surface area contributed by atoms with Crippen LogP contribution in [0.4, 0.5) is 0 Å². The molecule has 3 nitrogen and oxygen atoms in total. The fraction of sp³-hybridized carbons (Fsp3) is 1.00. The molecule has 3 rings (SSSR count). The Balaban J connectivity index is 1.67. The first-order chi connectivity index (χ1) is 9.20. The highest BCUT2D eigenvalue weighted by molar-refractivity contribution is 7.99. The van der Waals surface area contributed by atoms with Gasteiger partial charge in [0.25, 0.3) is 0 Å². The van der Waals surface area contributed by atoms with Crippen LogP contribution in [0.25, 0.3) is 0 Å². The molecule has 2 atom stereocenters. The maximum absolute atomic E-state index is 10.8. The van der Waals surface area contributed by atoms with Crippen molar-refractivity contribution in [2.45, 2.75) is 62.3 Å². The van der Waals surface area contributed by atoms with Crippen molar-refractivity contribution in [1.82, 2.24) is 0 Å². The summed E-state index contributed by atoms with van der Waals surface area (Å²) < 4.78 is 11.8. The van der Waals surface area contributed by atoms with E-state index in [2.05, 4.69) is 0 Å². The second-order valence-corrected chi connectivity index (χ2v) is 7.69. The molecule has 3 fully saturated rings. The number of thioether (sulfide) groups is 1. The molecule has 0 bridgehead atoms. The van der Waals surface area contributed by atoms with Crippen molar-refractivity contribution in [3.05, 3.63) is 0 Å². The van der Waals surface area contributed by atoms with E-state index >= 15 is 0 Å². The van der Waals surface area contributed by atoms with Crippen LogP contribution in [-0.2, 0) is 9.47 Å². The Labute approximate surface area is 120 Å². The molecule has 3 aliphatic rings. The molecule has 0 aromatic carbocycles. The van der Waals surface area contributed by atoms with E-state index < -0.39 is 0 Å². The third-order valence-corrected chi connectivity index (χ3v) is 6.51. The Kier molecular flexibility index (Phi) is 4.14. The van der Waals surface area contributed by atoms with Gasteiger partial charge in [-0.05, 0) is 62.4 Å². The minimum Gasteiger partial charge on any atom is -0.390 e. The Hall–Kier alpha value is 0.230. The molecular formula is C15H26O3S. The molecular weight excluding hydrogens is 260 g/mol. The van der Waals surface area contributed by atoms with Crippen LogP contribution in [0.1, 0.15) is 44.9 Å². The fourth-order valence-corrected chi connectivity index (χ4v) is 5.24. The zero-order valence-corrected chi connectivity index (χ0v) is 12.7. The van der Waals surface area contributed by atoms with Gasteiger partial charge in [-0.15, -0.1) is 0 Å². The lowest BCUT2D eigenvalue weighted by Crippen LogP contribution is -2.56. The lowest BCUT2D eigenvalue weighted by Gasteiger charge is -2.51. The number of hydrogen-bond donors (Lipinski definition) is 1. The minimum atomic E-state index is -0.304. The van der Waals surface area contributed by atoms with Gasteiger partial charge in [0.1, 0.15) is 0 Å². The van der Waals surface area contributed by atoms with Crippen molar-refractivity contribution < 1.29 is 14.6 Å². The summed E-state index contributed by atoms with van der Waals surface area (Å²) in [6.45, 7) is 0.812. The molecule has 2 saturated heterocycles. The normalized spacial score (nSPS) is 34.7. The summed E-state index contributed by atoms with van der Waals surface area (Å²) >= 11 is 2.03. The summed E-state index contributed by atoms with van der Waals surface area (Å²) in [5.74, 6) is 2.77. The minimum absolute atomic E-state index is 0.0633. The molecule has 110 valence electrons. The number of aliphatic hydroxyl groups is 1. The first-order valence-corrected chi connectivity index (χ1v) is 8.80. The monoisotopic (exact) mass is 286 g/mol. The molecule has 4 heteroatoms. The Morgan fingerprint density at radius 1 is 1.26 bits per heavy atom. The van der Waals surface area contributed by atoms with Crippen LogP contribution in [-0.4, -0.2) is 47.6 Å². The summed E-state index contributed by atoms with van der Waals surface area (Å²) in [6.07, 6.45) is 7.25. The SMILES string of the molecule is COC1(C(O)C2CCOC3(CCSCC3)C2)CCC1. The van der Waals surface area contributed by atoms with Gasteiger partial charge in [-0.2, -0.15) is 11.8 Å². The van der Waals surface area contributed by atoms with Crippen LogP contribution >= 0.6 is 11.8 Å². The standard InChI is InChI=1S/C15H26O3S/c1-17-15(4-2-5-15)13(16)12-3-8-18-14(11-12)6-9-19-10-7-14/h12-13,16H,2-11H2,1H3. The lowest BCUT2D eigenvalue weighted by atomic mass is 9.68. The average molecular weight is 286 g/mol. The first kappa shape index (κ1) is 14.2. The molecule has 2 heterocycles. The summed E-state index contributed by atoms with van der Waals surface area (Å²) in [7, 11) is 1.76. The molecule has 2 aliphatic heterocycles. The van der Waals surface area contributed by atoms with Gasteiger partial charge in [-0.25, -0.2) is 0 Å². The third-order valence-electron chi connectivity index (χ3n) is 5.53. The topological polar surface area (TPSA) is 38.7 Å².